The third-order valence-corrected chi connectivity index (χ3v) is 5.71. The fraction of sp³-hybridized carbons (Fsp3) is 0.429. The van der Waals surface area contributed by atoms with Crippen LogP contribution in [0.4, 0.5) is 11.5 Å². The van der Waals surface area contributed by atoms with Gasteiger partial charge in [0.25, 0.3) is 5.91 Å². The molecule has 1 fully saturated rings. The number of pyridine rings is 1. The second kappa shape index (κ2) is 7.24. The summed E-state index contributed by atoms with van der Waals surface area (Å²) in [4.78, 5) is 24.3. The molecule has 0 unspecified atom stereocenters. The number of piperidine rings is 1. The molecule has 1 saturated heterocycles. The van der Waals surface area contributed by atoms with E-state index in [-0.39, 0.29) is 12.5 Å². The lowest BCUT2D eigenvalue weighted by atomic mass is 10.0. The number of hydrogen-bond acceptors (Lipinski definition) is 7. The van der Waals surface area contributed by atoms with E-state index < -0.39 is 5.60 Å². The number of nitrogens with zero attached hydrogens (tertiary/aromatic N) is 5. The lowest BCUT2D eigenvalue weighted by Crippen LogP contribution is -2.34. The van der Waals surface area contributed by atoms with Crippen molar-refractivity contribution in [1.29, 1.82) is 0 Å². The second-order valence-corrected chi connectivity index (χ2v) is 8.16. The van der Waals surface area contributed by atoms with Crippen LogP contribution in [0.15, 0.2) is 30.7 Å². The van der Waals surface area contributed by atoms with Crippen LogP contribution in [0.2, 0.25) is 0 Å². The number of fused-ring (bicyclic) bond motifs is 2. The summed E-state index contributed by atoms with van der Waals surface area (Å²) in [6.07, 6.45) is 8.80. The van der Waals surface area contributed by atoms with Crippen molar-refractivity contribution in [2.24, 2.45) is 0 Å². The number of anilines is 2. The summed E-state index contributed by atoms with van der Waals surface area (Å²) in [5.74, 6) is 0.948. The normalized spacial score (nSPS) is 20.8. The topological polar surface area (TPSA) is 105 Å². The van der Waals surface area contributed by atoms with Crippen LogP contribution in [-0.4, -0.2) is 55.9 Å². The van der Waals surface area contributed by atoms with E-state index >= 15 is 0 Å². The largest absolute Gasteiger partial charge is 0.468 e. The Morgan fingerprint density at radius 3 is 2.97 bits per heavy atom. The predicted molar refractivity (Wildman–Crippen MR) is 111 cm³/mol. The number of rotatable bonds is 4. The Morgan fingerprint density at radius 1 is 1.33 bits per heavy atom. The molecule has 156 valence electrons. The SMILES string of the molecule is C[C@]1(CO)Cc2cc(NC(=O)c3cnn4cccnc34)c(N3CCCCC3)nc2O1. The van der Waals surface area contributed by atoms with Crippen LogP contribution in [0.25, 0.3) is 5.65 Å². The molecule has 5 rings (SSSR count). The Hall–Kier alpha value is -3.20. The maximum Gasteiger partial charge on any atom is 0.261 e. The van der Waals surface area contributed by atoms with Gasteiger partial charge in [-0.05, 0) is 38.3 Å². The van der Waals surface area contributed by atoms with Gasteiger partial charge in [-0.15, -0.1) is 0 Å². The molecule has 3 aromatic rings. The van der Waals surface area contributed by atoms with Crippen LogP contribution < -0.4 is 15.0 Å². The lowest BCUT2D eigenvalue weighted by Gasteiger charge is -2.29. The molecule has 9 heteroatoms. The van der Waals surface area contributed by atoms with Gasteiger partial charge in [0.2, 0.25) is 5.88 Å². The molecule has 1 atom stereocenters. The average molecular weight is 408 g/mol. The molecule has 0 aromatic carbocycles. The summed E-state index contributed by atoms with van der Waals surface area (Å²) in [5.41, 5.74) is 1.73. The van der Waals surface area contributed by atoms with Crippen molar-refractivity contribution < 1.29 is 14.6 Å². The number of aliphatic hydroxyl groups excluding tert-OH is 1. The Kier molecular flexibility index (Phi) is 4.54. The zero-order valence-electron chi connectivity index (χ0n) is 16.8. The van der Waals surface area contributed by atoms with Gasteiger partial charge in [-0.25, -0.2) is 9.50 Å². The van der Waals surface area contributed by atoms with Crippen molar-refractivity contribution in [3.63, 3.8) is 0 Å². The van der Waals surface area contributed by atoms with E-state index in [0.717, 1.165) is 31.5 Å². The number of hydrogen-bond donors (Lipinski definition) is 2. The first kappa shape index (κ1) is 18.8. The van der Waals surface area contributed by atoms with E-state index in [4.69, 9.17) is 9.72 Å². The van der Waals surface area contributed by atoms with E-state index in [9.17, 15) is 9.90 Å². The van der Waals surface area contributed by atoms with Gasteiger partial charge < -0.3 is 20.1 Å². The van der Waals surface area contributed by atoms with Crippen molar-refractivity contribution in [3.05, 3.63) is 41.9 Å². The van der Waals surface area contributed by atoms with Crippen LogP contribution in [0, 0.1) is 0 Å². The highest BCUT2D eigenvalue weighted by molar-refractivity contribution is 6.09. The van der Waals surface area contributed by atoms with E-state index in [1.54, 1.807) is 23.0 Å². The van der Waals surface area contributed by atoms with Crippen molar-refractivity contribution >= 4 is 23.1 Å². The molecule has 0 spiro atoms. The van der Waals surface area contributed by atoms with Crippen LogP contribution in [0.5, 0.6) is 5.88 Å². The fourth-order valence-electron chi connectivity index (χ4n) is 4.12. The summed E-state index contributed by atoms with van der Waals surface area (Å²) in [6, 6.07) is 3.68. The molecule has 1 amide bonds. The standard InChI is InChI=1S/C21H24N6O3/c1-21(13-28)11-14-10-16(18(25-20(14)30-21)26-7-3-2-4-8-26)24-19(29)15-12-23-27-9-5-6-22-17(15)27/h5-6,9-10,12,28H,2-4,7-8,11,13H2,1H3,(H,24,29)/t21-/m1/s1. The smallest absolute Gasteiger partial charge is 0.261 e. The van der Waals surface area contributed by atoms with Crippen LogP contribution in [0.1, 0.15) is 42.1 Å². The number of aromatic nitrogens is 4. The molecule has 2 N–H and O–H groups in total. The predicted octanol–water partition coefficient (Wildman–Crippen LogP) is 2.05. The van der Waals surface area contributed by atoms with Crippen LogP contribution >= 0.6 is 0 Å². The van der Waals surface area contributed by atoms with Gasteiger partial charge >= 0.3 is 0 Å². The van der Waals surface area contributed by atoms with Gasteiger partial charge in [-0.1, -0.05) is 0 Å². The number of carbonyl (C=O) groups is 1. The van der Waals surface area contributed by atoms with Gasteiger partial charge in [0.15, 0.2) is 11.5 Å². The van der Waals surface area contributed by atoms with Gasteiger partial charge in [0.1, 0.15) is 11.2 Å². The molecule has 30 heavy (non-hydrogen) atoms. The summed E-state index contributed by atoms with van der Waals surface area (Å²) >= 11 is 0. The molecule has 0 aliphatic carbocycles. The van der Waals surface area contributed by atoms with E-state index in [2.05, 4.69) is 20.3 Å². The molecule has 5 heterocycles. The maximum absolute atomic E-state index is 13.1. The number of ether oxygens (including phenoxy) is 1. The van der Waals surface area contributed by atoms with Crippen LogP contribution in [-0.2, 0) is 6.42 Å². The molecular weight excluding hydrogens is 384 g/mol. The Labute approximate surface area is 173 Å². The number of amides is 1. The van der Waals surface area contributed by atoms with Gasteiger partial charge in [-0.2, -0.15) is 10.1 Å². The van der Waals surface area contributed by atoms with Crippen molar-refractivity contribution in [3.8, 4) is 5.88 Å². The van der Waals surface area contributed by atoms with E-state index in [1.165, 1.54) is 12.6 Å². The summed E-state index contributed by atoms with van der Waals surface area (Å²) in [6.45, 7) is 3.52. The quantitative estimate of drug-likeness (QED) is 0.681. The van der Waals surface area contributed by atoms with Crippen molar-refractivity contribution in [1.82, 2.24) is 19.6 Å². The molecular formula is C21H24N6O3. The highest BCUT2D eigenvalue weighted by Crippen LogP contribution is 2.39. The van der Waals surface area contributed by atoms with Crippen molar-refractivity contribution in [2.75, 3.05) is 29.9 Å². The Bertz CT molecular complexity index is 1110. The van der Waals surface area contributed by atoms with Gasteiger partial charge in [0, 0.05) is 37.5 Å². The molecule has 0 bridgehead atoms. The second-order valence-electron chi connectivity index (χ2n) is 8.16. The summed E-state index contributed by atoms with van der Waals surface area (Å²) in [7, 11) is 0. The molecule has 2 aliphatic heterocycles. The van der Waals surface area contributed by atoms with E-state index in [1.807, 2.05) is 13.0 Å². The first-order valence-corrected chi connectivity index (χ1v) is 10.2. The lowest BCUT2D eigenvalue weighted by molar-refractivity contribution is 0.0417. The van der Waals surface area contributed by atoms with Gasteiger partial charge in [-0.3, -0.25) is 4.79 Å². The summed E-state index contributed by atoms with van der Waals surface area (Å²) < 4.78 is 7.51. The number of carbonyl (C=O) groups excluding carboxylic acids is 1. The minimum atomic E-state index is -0.691. The maximum atomic E-state index is 13.1. The molecule has 2 aliphatic rings. The zero-order chi connectivity index (χ0) is 20.7. The third kappa shape index (κ3) is 3.24. The molecule has 0 saturated carbocycles. The average Bonchev–Trinajstić information content (AvgIpc) is 3.34. The number of aliphatic hydroxyl groups is 1. The minimum Gasteiger partial charge on any atom is -0.468 e. The fourth-order valence-corrected chi connectivity index (χ4v) is 4.12. The van der Waals surface area contributed by atoms with Crippen LogP contribution in [0.3, 0.4) is 0 Å². The van der Waals surface area contributed by atoms with Gasteiger partial charge in [0.05, 0.1) is 18.5 Å². The Balaban J connectivity index is 1.51. The monoisotopic (exact) mass is 408 g/mol. The Morgan fingerprint density at radius 2 is 2.17 bits per heavy atom. The number of nitrogens with one attached hydrogen (secondary N) is 1. The van der Waals surface area contributed by atoms with Crippen molar-refractivity contribution in [2.45, 2.75) is 38.2 Å². The summed E-state index contributed by atoms with van der Waals surface area (Å²) in [5, 5.41) is 16.9. The zero-order valence-corrected chi connectivity index (χ0v) is 16.8. The highest BCUT2D eigenvalue weighted by Gasteiger charge is 2.37. The minimum absolute atomic E-state index is 0.0990. The van der Waals surface area contributed by atoms with E-state index in [0.29, 0.717) is 35.0 Å². The first-order valence-electron chi connectivity index (χ1n) is 10.2. The highest BCUT2D eigenvalue weighted by atomic mass is 16.5. The molecule has 9 nitrogen and oxygen atoms in total. The molecule has 3 aromatic heterocycles. The molecule has 0 radical (unpaired) electrons. The first-order chi connectivity index (χ1) is 14.6. The third-order valence-electron chi connectivity index (χ3n) is 5.71.